The lowest BCUT2D eigenvalue weighted by atomic mass is 9.84. The molecule has 0 saturated carbocycles. The van der Waals surface area contributed by atoms with Crippen LogP contribution in [-0.2, 0) is 89.7 Å². The van der Waals surface area contributed by atoms with Crippen molar-refractivity contribution in [1.29, 1.82) is 0 Å². The molecular formula is C64H52O12. The molecule has 8 aliphatic rings. The summed E-state index contributed by atoms with van der Waals surface area (Å²) >= 11 is 0. The molecule has 12 rings (SSSR count). The van der Waals surface area contributed by atoms with Crippen molar-refractivity contribution >= 4 is 46.3 Å². The van der Waals surface area contributed by atoms with Crippen molar-refractivity contribution in [3.05, 3.63) is 210 Å². The number of hydrogen-bond acceptors (Lipinski definition) is 12. The van der Waals surface area contributed by atoms with Crippen LogP contribution in [0.15, 0.2) is 166 Å². The van der Waals surface area contributed by atoms with E-state index in [0.29, 0.717) is 138 Å². The standard InChI is InChI=1S/C64H52O12/c65-53-29-45-21-37-9-5-10-38-22-46-30-54(66)34-50(58(46)70)26-42-14-7-13-41(25-49(33-53)57(45)69)63(42)75-19-3-4-20-76-64-43-15-8-16-44(64)28-52-36-56(68)32-48(60(52)72)24-40-12-6-11-39(62(40)74-18-2-1-17-73-61(37)38)23-47-31-55(67)35-51(27-43)59(47)71/h5-16,29-36H,1-4,17-28H2. The fourth-order valence-corrected chi connectivity index (χ4v) is 11.1. The Hall–Kier alpha value is -8.64. The van der Waals surface area contributed by atoms with Crippen LogP contribution in [0.3, 0.4) is 0 Å². The summed E-state index contributed by atoms with van der Waals surface area (Å²) < 4.78 is 26.5. The summed E-state index contributed by atoms with van der Waals surface area (Å²) in [7, 11) is 0. The third kappa shape index (κ3) is 10.4. The summed E-state index contributed by atoms with van der Waals surface area (Å²) in [5.41, 5.74) is 7.33. The minimum atomic E-state index is -0.308. The summed E-state index contributed by atoms with van der Waals surface area (Å²) in [5.74, 6) is -0.555. The molecule has 0 N–H and O–H groups in total. The molecule has 0 amide bonds. The number of ether oxygens (including phenoxy) is 4. The van der Waals surface area contributed by atoms with E-state index in [2.05, 4.69) is 0 Å². The number of carbonyl (C=O) groups is 8. The molecule has 4 aromatic rings. The first-order valence-corrected chi connectivity index (χ1v) is 25.9. The number of Topliss-reactive ketones (excluding diaryl/α,β-unsaturated/α-hetero) is 4. The highest BCUT2D eigenvalue weighted by Crippen LogP contribution is 2.38. The molecule has 0 unspecified atom stereocenters. The van der Waals surface area contributed by atoms with Crippen molar-refractivity contribution in [3.8, 4) is 23.0 Å². The fraction of sp³-hybridized carbons (Fsp3) is 0.250. The third-order valence-corrected chi connectivity index (χ3v) is 14.7. The van der Waals surface area contributed by atoms with Crippen LogP contribution in [0.5, 0.6) is 23.0 Å². The molecule has 6 aliphatic carbocycles. The van der Waals surface area contributed by atoms with Crippen LogP contribution in [0, 0.1) is 0 Å². The minimum Gasteiger partial charge on any atom is -0.493 e. The quantitative estimate of drug-likeness (QED) is 0.155. The molecule has 12 nitrogen and oxygen atoms in total. The van der Waals surface area contributed by atoms with Gasteiger partial charge in [0.05, 0.1) is 26.4 Å². The third-order valence-electron chi connectivity index (χ3n) is 14.7. The predicted molar refractivity (Wildman–Crippen MR) is 281 cm³/mol. The lowest BCUT2D eigenvalue weighted by molar-refractivity contribution is -0.115. The van der Waals surface area contributed by atoms with E-state index >= 15 is 0 Å². The molecule has 0 radical (unpaired) electrons. The summed E-state index contributed by atoms with van der Waals surface area (Å²) in [6.45, 7) is 0.720. The largest absolute Gasteiger partial charge is 0.493 e. The molecule has 12 heteroatoms. The van der Waals surface area contributed by atoms with Crippen LogP contribution in [0.1, 0.15) is 70.2 Å². The maximum atomic E-state index is 14.4. The van der Waals surface area contributed by atoms with Gasteiger partial charge in [0, 0.05) is 96.0 Å². The van der Waals surface area contributed by atoms with Crippen LogP contribution in [0.4, 0.5) is 0 Å². The van der Waals surface area contributed by atoms with Crippen LogP contribution in [-0.4, -0.2) is 72.7 Å². The van der Waals surface area contributed by atoms with Crippen molar-refractivity contribution in [3.63, 3.8) is 0 Å². The summed E-state index contributed by atoms with van der Waals surface area (Å²) in [6.07, 6.45) is 13.3. The number of rotatable bonds is 0. The van der Waals surface area contributed by atoms with E-state index in [1.165, 1.54) is 48.6 Å². The van der Waals surface area contributed by atoms with Gasteiger partial charge in [-0.2, -0.15) is 0 Å². The number of hydrogen-bond donors (Lipinski definition) is 0. The second-order valence-electron chi connectivity index (χ2n) is 20.1. The SMILES string of the molecule is O=C1C=C2Cc3cccc4c3OCCCCOc3c5cccc3CC3=CC(=O)C=C(Cc6cccc(c6OCCCCOc6c(cccc6CC6=CC(=O)C=C(C4)C6=O)CC(=C1)C2=O)CC1=CC(=O)C=C(C5)C1=O)C3=O. The second-order valence-corrected chi connectivity index (χ2v) is 20.1. The van der Waals surface area contributed by atoms with Crippen LogP contribution in [0.25, 0.3) is 0 Å². The van der Waals surface area contributed by atoms with Gasteiger partial charge in [0.2, 0.25) is 0 Å². The lowest BCUT2D eigenvalue weighted by Gasteiger charge is -2.23. The maximum absolute atomic E-state index is 14.4. The maximum Gasteiger partial charge on any atom is 0.185 e. The van der Waals surface area contributed by atoms with E-state index in [-0.39, 0.29) is 124 Å². The molecule has 0 spiro atoms. The number of allylic oxidation sites excluding steroid dienone is 16. The Balaban J connectivity index is 1.00. The zero-order valence-electron chi connectivity index (χ0n) is 41.8. The Labute approximate surface area is 438 Å². The van der Waals surface area contributed by atoms with Crippen LogP contribution in [0.2, 0.25) is 0 Å². The Bertz CT molecular complexity index is 2880. The molecular weight excluding hydrogens is 961 g/mol. The Morgan fingerprint density at radius 1 is 0.237 bits per heavy atom. The van der Waals surface area contributed by atoms with Gasteiger partial charge >= 0.3 is 0 Å². The highest BCUT2D eigenvalue weighted by Gasteiger charge is 2.32. The molecule has 2 aliphatic heterocycles. The number of para-hydroxylation sites is 4. The summed E-state index contributed by atoms with van der Waals surface area (Å²) in [4.78, 5) is 112. The van der Waals surface area contributed by atoms with Crippen molar-refractivity contribution in [2.24, 2.45) is 0 Å². The number of fused-ring (bicyclic) bond motifs is 12. The zero-order valence-corrected chi connectivity index (χ0v) is 41.8. The first kappa shape index (κ1) is 49.6. The smallest absolute Gasteiger partial charge is 0.185 e. The average molecular weight is 1010 g/mol. The topological polar surface area (TPSA) is 173 Å². The van der Waals surface area contributed by atoms with Crippen molar-refractivity contribution in [2.45, 2.75) is 77.0 Å². The number of ketones is 8. The minimum absolute atomic E-state index is 0.0614. The molecule has 4 aromatic carbocycles. The zero-order chi connectivity index (χ0) is 52.5. The number of carbonyl (C=O) groups excluding carboxylic acids is 8. The molecule has 380 valence electrons. The monoisotopic (exact) mass is 1010 g/mol. The van der Waals surface area contributed by atoms with Crippen LogP contribution >= 0.6 is 0 Å². The van der Waals surface area contributed by atoms with Gasteiger partial charge in [0.25, 0.3) is 0 Å². The molecule has 76 heavy (non-hydrogen) atoms. The van der Waals surface area contributed by atoms with Gasteiger partial charge in [-0.15, -0.1) is 0 Å². The first-order chi connectivity index (χ1) is 36.9. The molecule has 0 saturated heterocycles. The second kappa shape index (κ2) is 21.3. The van der Waals surface area contributed by atoms with Crippen molar-refractivity contribution < 1.29 is 57.3 Å². The van der Waals surface area contributed by atoms with Crippen molar-refractivity contribution in [2.75, 3.05) is 26.4 Å². The van der Waals surface area contributed by atoms with E-state index in [0.717, 1.165) is 0 Å². The number of benzene rings is 4. The van der Waals surface area contributed by atoms with Gasteiger partial charge in [0.15, 0.2) is 46.3 Å². The van der Waals surface area contributed by atoms with E-state index in [4.69, 9.17) is 18.9 Å². The van der Waals surface area contributed by atoms with Crippen molar-refractivity contribution in [1.82, 2.24) is 0 Å². The Morgan fingerprint density at radius 3 is 0.553 bits per heavy atom. The van der Waals surface area contributed by atoms with E-state index in [1.807, 2.05) is 72.8 Å². The van der Waals surface area contributed by atoms with Gasteiger partial charge in [-0.1, -0.05) is 72.8 Å². The van der Waals surface area contributed by atoms with E-state index < -0.39 is 0 Å². The Kier molecular flexibility index (Phi) is 13.9. The normalized spacial score (nSPS) is 19.5. The molecule has 0 fully saturated rings. The molecule has 2 heterocycles. The highest BCUT2D eigenvalue weighted by atomic mass is 16.5. The van der Waals surface area contributed by atoms with E-state index in [9.17, 15) is 38.4 Å². The highest BCUT2D eigenvalue weighted by molar-refractivity contribution is 6.23. The Morgan fingerprint density at radius 2 is 0.395 bits per heavy atom. The summed E-state index contributed by atoms with van der Waals surface area (Å²) in [5, 5.41) is 0. The fourth-order valence-electron chi connectivity index (χ4n) is 11.1. The average Bonchev–Trinajstić information content (AvgIpc) is 3.39. The lowest BCUT2D eigenvalue weighted by Crippen LogP contribution is -2.21. The summed E-state index contributed by atoms with van der Waals surface area (Å²) in [6, 6.07) is 21.9. The molecule has 0 aromatic heterocycles. The van der Waals surface area contributed by atoms with Crippen LogP contribution < -0.4 is 18.9 Å². The van der Waals surface area contributed by atoms with Gasteiger partial charge in [-0.05, 0) is 119 Å². The predicted octanol–water partition coefficient (Wildman–Crippen LogP) is 8.26. The van der Waals surface area contributed by atoms with E-state index in [1.54, 1.807) is 0 Å². The van der Waals surface area contributed by atoms with Gasteiger partial charge in [0.1, 0.15) is 23.0 Å². The first-order valence-electron chi connectivity index (χ1n) is 25.9. The van der Waals surface area contributed by atoms with Gasteiger partial charge in [-0.3, -0.25) is 38.4 Å². The molecule has 20 bridgehead atoms. The van der Waals surface area contributed by atoms with Gasteiger partial charge in [-0.25, -0.2) is 0 Å². The molecule has 0 atom stereocenters. The van der Waals surface area contributed by atoms with Gasteiger partial charge < -0.3 is 18.9 Å².